The number of rotatable bonds is 6. The van der Waals surface area contributed by atoms with Crippen molar-refractivity contribution in [2.24, 2.45) is 5.92 Å². The van der Waals surface area contributed by atoms with Crippen molar-refractivity contribution in [3.63, 3.8) is 0 Å². The van der Waals surface area contributed by atoms with E-state index in [0.717, 1.165) is 43.6 Å². The third-order valence-corrected chi connectivity index (χ3v) is 8.61. The fraction of sp³-hybridized carbons (Fsp3) is 0.273. The number of anilines is 3. The predicted molar refractivity (Wildman–Crippen MR) is 133 cm³/mol. The van der Waals surface area contributed by atoms with Crippen LogP contribution in [0.4, 0.5) is 17.5 Å². The molecule has 0 amide bonds. The summed E-state index contributed by atoms with van der Waals surface area (Å²) in [4.78, 5) is 10.7. The van der Waals surface area contributed by atoms with Crippen molar-refractivity contribution in [3.05, 3.63) is 65.0 Å². The van der Waals surface area contributed by atoms with Crippen molar-refractivity contribution in [1.82, 2.24) is 9.97 Å². The molecule has 0 aliphatic carbocycles. The summed E-state index contributed by atoms with van der Waals surface area (Å²) in [6.45, 7) is 1.46. The third-order valence-electron chi connectivity index (χ3n) is 5.72. The highest BCUT2D eigenvalue weighted by Crippen LogP contribution is 2.45. The van der Waals surface area contributed by atoms with Gasteiger partial charge < -0.3 is 19.8 Å². The lowest BCUT2D eigenvalue weighted by molar-refractivity contribution is 0.0663. The van der Waals surface area contributed by atoms with Crippen LogP contribution in [0.15, 0.2) is 63.8 Å². The van der Waals surface area contributed by atoms with E-state index in [0.29, 0.717) is 11.7 Å². The Labute approximate surface area is 206 Å². The summed E-state index contributed by atoms with van der Waals surface area (Å²) in [7, 11) is -3.81. The highest BCUT2D eigenvalue weighted by atomic mass is 35.5. The largest absolute Gasteiger partial charge is 0.471 e. The molecule has 3 N–H and O–H groups in total. The van der Waals surface area contributed by atoms with E-state index in [1.165, 1.54) is 12.3 Å². The van der Waals surface area contributed by atoms with Crippen molar-refractivity contribution in [1.29, 1.82) is 0 Å². The molecule has 1 unspecified atom stereocenters. The number of nitrogens with two attached hydrogens (primary N) is 1. The van der Waals surface area contributed by atoms with E-state index in [2.05, 4.69) is 25.0 Å². The second-order valence-corrected chi connectivity index (χ2v) is 11.0. The van der Waals surface area contributed by atoms with Crippen LogP contribution in [0.1, 0.15) is 18.4 Å². The van der Waals surface area contributed by atoms with Crippen LogP contribution in [0, 0.1) is 5.92 Å². The van der Waals surface area contributed by atoms with Crippen LogP contribution in [0.25, 0.3) is 5.70 Å². The van der Waals surface area contributed by atoms with Gasteiger partial charge in [-0.3, -0.25) is 4.72 Å². The zero-order valence-corrected chi connectivity index (χ0v) is 20.3. The van der Waals surface area contributed by atoms with Crippen LogP contribution in [-0.4, -0.2) is 37.0 Å². The SMILES string of the molecule is Nc1nccc(N2C(c3ccc(NS(=O)(=O)c4ccoc4)c(Cl)c3)=CSC2C2CCOCC2)n1. The second kappa shape index (κ2) is 9.49. The van der Waals surface area contributed by atoms with Crippen LogP contribution < -0.4 is 15.4 Å². The molecule has 1 fully saturated rings. The topological polar surface area (TPSA) is 124 Å². The number of aromatic nitrogens is 2. The van der Waals surface area contributed by atoms with E-state index < -0.39 is 10.0 Å². The number of thioether (sulfide) groups is 1. The van der Waals surface area contributed by atoms with Gasteiger partial charge >= 0.3 is 0 Å². The van der Waals surface area contributed by atoms with Crippen LogP contribution in [0.3, 0.4) is 0 Å². The number of nitrogens with one attached hydrogen (secondary N) is 1. The predicted octanol–water partition coefficient (Wildman–Crippen LogP) is 4.41. The highest BCUT2D eigenvalue weighted by Gasteiger charge is 2.36. The van der Waals surface area contributed by atoms with Crippen LogP contribution in [-0.2, 0) is 14.8 Å². The van der Waals surface area contributed by atoms with Gasteiger partial charge in [0.2, 0.25) is 5.95 Å². The van der Waals surface area contributed by atoms with Gasteiger partial charge in [-0.2, -0.15) is 4.98 Å². The maximum absolute atomic E-state index is 12.6. The fourth-order valence-corrected chi connectivity index (χ4v) is 6.68. The van der Waals surface area contributed by atoms with E-state index in [4.69, 9.17) is 26.5 Å². The molecule has 3 aromatic rings. The van der Waals surface area contributed by atoms with Crippen LogP contribution in [0.2, 0.25) is 5.02 Å². The maximum atomic E-state index is 12.6. The van der Waals surface area contributed by atoms with E-state index in [9.17, 15) is 8.42 Å². The molecule has 0 bridgehead atoms. The minimum Gasteiger partial charge on any atom is -0.471 e. The first-order valence-corrected chi connectivity index (χ1v) is 13.4. The first-order valence-electron chi connectivity index (χ1n) is 10.6. The molecule has 1 atom stereocenters. The molecule has 4 heterocycles. The average Bonchev–Trinajstić information content (AvgIpc) is 3.52. The van der Waals surface area contributed by atoms with Crippen LogP contribution >= 0.6 is 23.4 Å². The number of sulfonamides is 1. The van der Waals surface area contributed by atoms with Crippen molar-refractivity contribution >= 4 is 56.5 Å². The second-order valence-electron chi connectivity index (χ2n) is 7.88. The summed E-state index contributed by atoms with van der Waals surface area (Å²) in [5, 5.41) is 2.47. The van der Waals surface area contributed by atoms with Gasteiger partial charge in [-0.05, 0) is 48.4 Å². The lowest BCUT2D eigenvalue weighted by Crippen LogP contribution is -2.37. The normalized spacial score (nSPS) is 19.3. The smallest absolute Gasteiger partial charge is 0.265 e. The number of benzene rings is 1. The molecular formula is C22H22ClN5O4S2. The molecule has 0 saturated carbocycles. The fourth-order valence-electron chi connectivity index (χ4n) is 4.04. The molecule has 12 heteroatoms. The first kappa shape index (κ1) is 23.0. The summed E-state index contributed by atoms with van der Waals surface area (Å²) in [6.07, 6.45) is 6.00. The monoisotopic (exact) mass is 519 g/mol. The van der Waals surface area contributed by atoms with Gasteiger partial charge in [-0.15, -0.1) is 11.8 Å². The molecule has 178 valence electrons. The number of ether oxygens (including phenoxy) is 1. The van der Waals surface area contributed by atoms with E-state index in [1.54, 1.807) is 30.1 Å². The van der Waals surface area contributed by atoms with Crippen molar-refractivity contribution in [3.8, 4) is 0 Å². The van der Waals surface area contributed by atoms with Gasteiger partial charge in [0.15, 0.2) is 0 Å². The van der Waals surface area contributed by atoms with E-state index in [-0.39, 0.29) is 26.9 Å². The zero-order valence-electron chi connectivity index (χ0n) is 17.9. The van der Waals surface area contributed by atoms with Gasteiger partial charge in [0, 0.05) is 25.0 Å². The summed E-state index contributed by atoms with van der Waals surface area (Å²) < 4.78 is 38.1. The zero-order chi connectivity index (χ0) is 23.7. The number of hydrogen-bond donors (Lipinski definition) is 2. The lowest BCUT2D eigenvalue weighted by Gasteiger charge is -2.35. The number of halogens is 1. The first-order chi connectivity index (χ1) is 16.4. The molecule has 1 aromatic carbocycles. The summed E-state index contributed by atoms with van der Waals surface area (Å²) in [5.41, 5.74) is 7.90. The molecule has 0 spiro atoms. The Morgan fingerprint density at radius 2 is 2.03 bits per heavy atom. The highest BCUT2D eigenvalue weighted by molar-refractivity contribution is 8.03. The number of nitrogen functional groups attached to an aromatic ring is 1. The van der Waals surface area contributed by atoms with Gasteiger partial charge in [0.25, 0.3) is 10.0 Å². The lowest BCUT2D eigenvalue weighted by atomic mass is 9.98. The molecule has 2 aliphatic heterocycles. The molecule has 5 rings (SSSR count). The van der Waals surface area contributed by atoms with E-state index in [1.807, 2.05) is 12.1 Å². The molecular weight excluding hydrogens is 498 g/mol. The molecule has 0 radical (unpaired) electrons. The van der Waals surface area contributed by atoms with Crippen molar-refractivity contribution in [2.45, 2.75) is 23.1 Å². The quantitative estimate of drug-likeness (QED) is 0.487. The molecule has 9 nitrogen and oxygen atoms in total. The Morgan fingerprint density at radius 1 is 1.21 bits per heavy atom. The molecule has 1 saturated heterocycles. The Balaban J connectivity index is 1.46. The van der Waals surface area contributed by atoms with E-state index >= 15 is 0 Å². The van der Waals surface area contributed by atoms with Crippen molar-refractivity contribution in [2.75, 3.05) is 28.6 Å². The number of hydrogen-bond acceptors (Lipinski definition) is 9. The van der Waals surface area contributed by atoms with Gasteiger partial charge in [-0.25, -0.2) is 13.4 Å². The maximum Gasteiger partial charge on any atom is 0.265 e. The van der Waals surface area contributed by atoms with Crippen LogP contribution in [0.5, 0.6) is 0 Å². The Morgan fingerprint density at radius 3 is 2.74 bits per heavy atom. The Kier molecular flexibility index (Phi) is 6.43. The summed E-state index contributed by atoms with van der Waals surface area (Å²) in [6, 6.07) is 8.42. The Hall–Kier alpha value is -2.73. The molecule has 34 heavy (non-hydrogen) atoms. The number of nitrogens with zero attached hydrogens (tertiary/aromatic N) is 3. The number of furan rings is 1. The standard InChI is InChI=1S/C22H22ClN5O4S2/c23-17-11-15(1-2-18(17)27-34(29,30)16-6-10-32-12-16)19-13-33-21(14-4-8-31-9-5-14)28(19)20-3-7-25-22(24)26-20/h1-3,6-7,10-14,21,27H,4-5,8-9H2,(H2,24,25,26). The third kappa shape index (κ3) is 4.61. The molecule has 2 aromatic heterocycles. The molecule has 2 aliphatic rings. The average molecular weight is 520 g/mol. The van der Waals surface area contributed by atoms with Crippen molar-refractivity contribution < 1.29 is 17.6 Å². The minimum atomic E-state index is -3.81. The van der Waals surface area contributed by atoms with Gasteiger partial charge in [0.05, 0.1) is 28.0 Å². The Bertz CT molecular complexity index is 1310. The van der Waals surface area contributed by atoms with Gasteiger partial charge in [0.1, 0.15) is 17.0 Å². The summed E-state index contributed by atoms with van der Waals surface area (Å²) >= 11 is 8.24. The van der Waals surface area contributed by atoms with Gasteiger partial charge in [-0.1, -0.05) is 17.7 Å². The summed E-state index contributed by atoms with van der Waals surface area (Å²) in [5.74, 6) is 1.29. The minimum absolute atomic E-state index is 0.0226.